The standard InChI is InChI=1S/C20H29NO3/c1-14-4-6-15(7-5-14)12-20(2,13-22)19(23)24-18-10-16-8-9-17(11-18)21(16)3/h4-7,16-18,22H,8-13H2,1-3H3. The largest absolute Gasteiger partial charge is 0.462 e. The molecule has 2 saturated heterocycles. The third-order valence-electron chi connectivity index (χ3n) is 5.89. The molecule has 0 radical (unpaired) electrons. The van der Waals surface area contributed by atoms with Gasteiger partial charge >= 0.3 is 5.97 Å². The first-order chi connectivity index (χ1) is 11.4. The predicted octanol–water partition coefficient (Wildman–Crippen LogP) is 2.70. The zero-order chi connectivity index (χ0) is 17.3. The Morgan fingerprint density at radius 3 is 2.38 bits per heavy atom. The zero-order valence-electron chi connectivity index (χ0n) is 15.0. The van der Waals surface area contributed by atoms with Crippen LogP contribution in [0, 0.1) is 12.3 Å². The van der Waals surface area contributed by atoms with Crippen molar-refractivity contribution in [2.24, 2.45) is 5.41 Å². The number of carbonyl (C=O) groups excluding carboxylic acids is 1. The Kier molecular flexibility index (Phi) is 4.97. The van der Waals surface area contributed by atoms with E-state index in [2.05, 4.69) is 11.9 Å². The zero-order valence-corrected chi connectivity index (χ0v) is 15.0. The molecule has 3 rings (SSSR count). The van der Waals surface area contributed by atoms with E-state index in [1.165, 1.54) is 18.4 Å². The second kappa shape index (κ2) is 6.85. The van der Waals surface area contributed by atoms with E-state index in [9.17, 15) is 9.90 Å². The van der Waals surface area contributed by atoms with Crippen LogP contribution in [0.4, 0.5) is 0 Å². The maximum atomic E-state index is 12.8. The molecule has 0 aromatic heterocycles. The third kappa shape index (κ3) is 3.50. The molecule has 1 aromatic rings. The molecule has 2 bridgehead atoms. The van der Waals surface area contributed by atoms with Crippen LogP contribution in [0.15, 0.2) is 24.3 Å². The highest BCUT2D eigenvalue weighted by atomic mass is 16.5. The molecule has 0 aliphatic carbocycles. The van der Waals surface area contributed by atoms with Crippen molar-refractivity contribution >= 4 is 5.97 Å². The van der Waals surface area contributed by atoms with Gasteiger partial charge in [-0.1, -0.05) is 29.8 Å². The molecule has 4 heteroatoms. The van der Waals surface area contributed by atoms with Crippen molar-refractivity contribution in [2.45, 2.75) is 64.1 Å². The number of esters is 1. The van der Waals surface area contributed by atoms with E-state index in [1.807, 2.05) is 31.2 Å². The van der Waals surface area contributed by atoms with Crippen molar-refractivity contribution in [3.63, 3.8) is 0 Å². The Balaban J connectivity index is 1.64. The number of hydrogen-bond acceptors (Lipinski definition) is 4. The first-order valence-corrected chi connectivity index (χ1v) is 9.01. The highest BCUT2D eigenvalue weighted by Crippen LogP contribution is 2.36. The van der Waals surface area contributed by atoms with Gasteiger partial charge in [0.15, 0.2) is 0 Å². The average molecular weight is 331 g/mol. The number of aryl methyl sites for hydroxylation is 1. The molecular weight excluding hydrogens is 302 g/mol. The lowest BCUT2D eigenvalue weighted by atomic mass is 9.84. The first-order valence-electron chi connectivity index (χ1n) is 9.01. The summed E-state index contributed by atoms with van der Waals surface area (Å²) >= 11 is 0. The van der Waals surface area contributed by atoms with Gasteiger partial charge in [-0.25, -0.2) is 0 Å². The van der Waals surface area contributed by atoms with Crippen LogP contribution in [0.1, 0.15) is 43.7 Å². The normalized spacial score (nSPS) is 29.2. The molecule has 4 nitrogen and oxygen atoms in total. The molecule has 1 aromatic carbocycles. The number of ether oxygens (including phenoxy) is 1. The fourth-order valence-electron chi connectivity index (χ4n) is 4.10. The van der Waals surface area contributed by atoms with Crippen molar-refractivity contribution in [3.05, 3.63) is 35.4 Å². The van der Waals surface area contributed by atoms with Crippen LogP contribution in [0.25, 0.3) is 0 Å². The van der Waals surface area contributed by atoms with E-state index in [1.54, 1.807) is 6.92 Å². The minimum atomic E-state index is -0.877. The fourth-order valence-corrected chi connectivity index (χ4v) is 4.10. The molecule has 2 aliphatic rings. The number of fused-ring (bicyclic) bond motifs is 2. The van der Waals surface area contributed by atoms with Crippen molar-refractivity contribution in [2.75, 3.05) is 13.7 Å². The number of benzene rings is 1. The quantitative estimate of drug-likeness (QED) is 0.843. The molecule has 3 atom stereocenters. The molecule has 3 unspecified atom stereocenters. The minimum absolute atomic E-state index is 0.00454. The monoisotopic (exact) mass is 331 g/mol. The van der Waals surface area contributed by atoms with E-state index in [4.69, 9.17) is 4.74 Å². The molecule has 0 saturated carbocycles. The van der Waals surface area contributed by atoms with Gasteiger partial charge in [-0.3, -0.25) is 4.79 Å². The first kappa shape index (κ1) is 17.4. The number of aliphatic hydroxyl groups excluding tert-OH is 1. The van der Waals surface area contributed by atoms with Crippen LogP contribution >= 0.6 is 0 Å². The summed E-state index contributed by atoms with van der Waals surface area (Å²) in [4.78, 5) is 15.2. The lowest BCUT2D eigenvalue weighted by Crippen LogP contribution is -2.45. The number of hydrogen-bond donors (Lipinski definition) is 1. The van der Waals surface area contributed by atoms with E-state index in [0.717, 1.165) is 18.4 Å². The van der Waals surface area contributed by atoms with Crippen molar-refractivity contribution in [1.82, 2.24) is 4.90 Å². The molecule has 0 spiro atoms. The fraction of sp³-hybridized carbons (Fsp3) is 0.650. The molecule has 2 fully saturated rings. The summed E-state index contributed by atoms with van der Waals surface area (Å²) in [6.45, 7) is 3.65. The average Bonchev–Trinajstić information content (AvgIpc) is 2.78. The van der Waals surface area contributed by atoms with Gasteiger partial charge in [0.05, 0.1) is 12.0 Å². The topological polar surface area (TPSA) is 49.8 Å². The lowest BCUT2D eigenvalue weighted by molar-refractivity contribution is -0.166. The van der Waals surface area contributed by atoms with Gasteiger partial charge in [-0.05, 0) is 58.6 Å². The van der Waals surface area contributed by atoms with Gasteiger partial charge in [-0.15, -0.1) is 0 Å². The van der Waals surface area contributed by atoms with Gasteiger partial charge in [0.2, 0.25) is 0 Å². The number of nitrogens with zero attached hydrogens (tertiary/aromatic N) is 1. The number of rotatable bonds is 5. The summed E-state index contributed by atoms with van der Waals surface area (Å²) in [5.74, 6) is -0.264. The smallest absolute Gasteiger partial charge is 0.314 e. The summed E-state index contributed by atoms with van der Waals surface area (Å²) < 4.78 is 5.85. The summed E-state index contributed by atoms with van der Waals surface area (Å²) in [7, 11) is 2.18. The van der Waals surface area contributed by atoms with Gasteiger partial charge in [0, 0.05) is 12.1 Å². The van der Waals surface area contributed by atoms with E-state index in [-0.39, 0.29) is 18.7 Å². The van der Waals surface area contributed by atoms with Gasteiger partial charge in [0.1, 0.15) is 6.10 Å². The van der Waals surface area contributed by atoms with Gasteiger partial charge in [0.25, 0.3) is 0 Å². The van der Waals surface area contributed by atoms with Crippen LogP contribution < -0.4 is 0 Å². The number of aliphatic hydroxyl groups is 1. The maximum Gasteiger partial charge on any atom is 0.314 e. The van der Waals surface area contributed by atoms with Crippen LogP contribution in [-0.2, 0) is 16.0 Å². The molecule has 132 valence electrons. The molecular formula is C20H29NO3. The van der Waals surface area contributed by atoms with Crippen LogP contribution in [0.5, 0.6) is 0 Å². The van der Waals surface area contributed by atoms with E-state index < -0.39 is 5.41 Å². The van der Waals surface area contributed by atoms with Crippen molar-refractivity contribution in [3.8, 4) is 0 Å². The molecule has 24 heavy (non-hydrogen) atoms. The van der Waals surface area contributed by atoms with Crippen LogP contribution in [-0.4, -0.2) is 47.8 Å². The Hall–Kier alpha value is -1.39. The second-order valence-electron chi connectivity index (χ2n) is 7.93. The van der Waals surface area contributed by atoms with Gasteiger partial charge < -0.3 is 14.7 Å². The summed E-state index contributed by atoms with van der Waals surface area (Å²) in [5.41, 5.74) is 1.36. The number of carbonyl (C=O) groups is 1. The summed E-state index contributed by atoms with van der Waals surface area (Å²) in [6, 6.07) is 9.19. The number of piperidine rings is 1. The Morgan fingerprint density at radius 2 is 1.83 bits per heavy atom. The predicted molar refractivity (Wildman–Crippen MR) is 93.8 cm³/mol. The van der Waals surface area contributed by atoms with Crippen LogP contribution in [0.3, 0.4) is 0 Å². The minimum Gasteiger partial charge on any atom is -0.462 e. The third-order valence-corrected chi connectivity index (χ3v) is 5.89. The second-order valence-corrected chi connectivity index (χ2v) is 7.93. The van der Waals surface area contributed by atoms with Crippen LogP contribution in [0.2, 0.25) is 0 Å². The van der Waals surface area contributed by atoms with Crippen molar-refractivity contribution < 1.29 is 14.6 Å². The molecule has 1 N–H and O–H groups in total. The Morgan fingerprint density at radius 1 is 1.25 bits per heavy atom. The summed E-state index contributed by atoms with van der Waals surface area (Å²) in [6.07, 6.45) is 4.75. The Bertz CT molecular complexity index is 571. The highest BCUT2D eigenvalue weighted by Gasteiger charge is 2.42. The van der Waals surface area contributed by atoms with E-state index >= 15 is 0 Å². The van der Waals surface area contributed by atoms with Crippen molar-refractivity contribution in [1.29, 1.82) is 0 Å². The SMILES string of the molecule is Cc1ccc(CC(C)(CO)C(=O)OC2CC3CCC(C2)N3C)cc1. The van der Waals surface area contributed by atoms with Gasteiger partial charge in [-0.2, -0.15) is 0 Å². The lowest BCUT2D eigenvalue weighted by Gasteiger charge is -2.37. The molecule has 2 aliphatic heterocycles. The molecule has 2 heterocycles. The van der Waals surface area contributed by atoms with E-state index in [0.29, 0.717) is 18.5 Å². The maximum absolute atomic E-state index is 12.8. The Labute approximate surface area is 144 Å². The molecule has 0 amide bonds. The summed E-state index contributed by atoms with van der Waals surface area (Å²) in [5, 5.41) is 9.85. The highest BCUT2D eigenvalue weighted by molar-refractivity contribution is 5.77.